The minimum absolute atomic E-state index is 0.0851. The lowest BCUT2D eigenvalue weighted by atomic mass is 10.1. The normalized spacial score (nSPS) is 11.2. The highest BCUT2D eigenvalue weighted by Gasteiger charge is 2.07. The second-order valence-electron chi connectivity index (χ2n) is 6.99. The SMILES string of the molecule is O=C(CCc1ccccc1)N/N=C\c1cn(Cc2ccccc2)c2ccccc12. The first-order chi connectivity index (χ1) is 14.3. The molecular formula is C25H23N3O. The maximum Gasteiger partial charge on any atom is 0.240 e. The molecule has 1 N–H and O–H groups in total. The summed E-state index contributed by atoms with van der Waals surface area (Å²) in [5.74, 6) is -0.0851. The van der Waals surface area contributed by atoms with E-state index in [1.807, 2.05) is 60.7 Å². The number of carbonyl (C=O) groups is 1. The van der Waals surface area contributed by atoms with Crippen LogP contribution in [0.25, 0.3) is 10.9 Å². The van der Waals surface area contributed by atoms with Crippen molar-refractivity contribution in [2.45, 2.75) is 19.4 Å². The van der Waals surface area contributed by atoms with Gasteiger partial charge in [0.2, 0.25) is 5.91 Å². The van der Waals surface area contributed by atoms with Crippen LogP contribution < -0.4 is 5.43 Å². The molecule has 0 aliphatic heterocycles. The lowest BCUT2D eigenvalue weighted by Gasteiger charge is -2.05. The summed E-state index contributed by atoms with van der Waals surface area (Å²) in [6, 6.07) is 28.6. The summed E-state index contributed by atoms with van der Waals surface area (Å²) < 4.78 is 2.21. The molecule has 3 aromatic carbocycles. The van der Waals surface area contributed by atoms with Crippen LogP contribution in [-0.2, 0) is 17.8 Å². The molecule has 4 nitrogen and oxygen atoms in total. The number of amides is 1. The summed E-state index contributed by atoms with van der Waals surface area (Å²) in [5, 5.41) is 5.30. The fourth-order valence-corrected chi connectivity index (χ4v) is 3.42. The molecule has 1 amide bonds. The molecule has 4 heteroatoms. The molecule has 0 fully saturated rings. The van der Waals surface area contributed by atoms with E-state index in [2.05, 4.69) is 45.6 Å². The number of fused-ring (bicyclic) bond motifs is 1. The van der Waals surface area contributed by atoms with Gasteiger partial charge >= 0.3 is 0 Å². The Morgan fingerprint density at radius 2 is 1.52 bits per heavy atom. The third kappa shape index (κ3) is 4.79. The molecule has 0 bridgehead atoms. The summed E-state index contributed by atoms with van der Waals surface area (Å²) in [6.07, 6.45) is 4.93. The maximum atomic E-state index is 12.1. The molecule has 0 spiro atoms. The number of rotatable bonds is 7. The molecule has 0 atom stereocenters. The Labute approximate surface area is 170 Å². The van der Waals surface area contributed by atoms with Gasteiger partial charge in [-0.3, -0.25) is 4.79 Å². The number of hydrazone groups is 1. The third-order valence-electron chi connectivity index (χ3n) is 4.89. The third-order valence-corrected chi connectivity index (χ3v) is 4.89. The van der Waals surface area contributed by atoms with Crippen molar-refractivity contribution < 1.29 is 4.79 Å². The highest BCUT2D eigenvalue weighted by atomic mass is 16.2. The van der Waals surface area contributed by atoms with Gasteiger partial charge in [-0.2, -0.15) is 5.10 Å². The quantitative estimate of drug-likeness (QED) is 0.364. The summed E-state index contributed by atoms with van der Waals surface area (Å²) in [5.41, 5.74) is 7.17. The summed E-state index contributed by atoms with van der Waals surface area (Å²) in [4.78, 5) is 12.1. The Morgan fingerprint density at radius 3 is 2.28 bits per heavy atom. The monoisotopic (exact) mass is 381 g/mol. The number of aromatic nitrogens is 1. The average molecular weight is 381 g/mol. The summed E-state index contributed by atoms with van der Waals surface area (Å²) in [6.45, 7) is 0.790. The minimum Gasteiger partial charge on any atom is -0.342 e. The molecule has 0 radical (unpaired) electrons. The van der Waals surface area contributed by atoms with Crippen LogP contribution in [0, 0.1) is 0 Å². The van der Waals surface area contributed by atoms with Crippen molar-refractivity contribution >= 4 is 23.0 Å². The Hall–Kier alpha value is -3.66. The van der Waals surface area contributed by atoms with Gasteiger partial charge in [0.05, 0.1) is 6.21 Å². The summed E-state index contributed by atoms with van der Waals surface area (Å²) in [7, 11) is 0. The first kappa shape index (κ1) is 18.7. The zero-order chi connectivity index (χ0) is 19.9. The van der Waals surface area contributed by atoms with Gasteiger partial charge in [-0.15, -0.1) is 0 Å². The Balaban J connectivity index is 1.44. The molecular weight excluding hydrogens is 358 g/mol. The fourth-order valence-electron chi connectivity index (χ4n) is 3.42. The molecule has 0 aliphatic rings. The molecule has 0 aliphatic carbocycles. The van der Waals surface area contributed by atoms with Crippen molar-refractivity contribution in [3.05, 3.63) is 108 Å². The molecule has 4 aromatic rings. The van der Waals surface area contributed by atoms with Crippen LogP contribution in [0.3, 0.4) is 0 Å². The van der Waals surface area contributed by atoms with Crippen LogP contribution in [0.2, 0.25) is 0 Å². The molecule has 1 aromatic heterocycles. The number of aryl methyl sites for hydroxylation is 1. The Morgan fingerprint density at radius 1 is 0.862 bits per heavy atom. The second kappa shape index (κ2) is 9.02. The van der Waals surface area contributed by atoms with Gasteiger partial charge in [0.15, 0.2) is 0 Å². The second-order valence-corrected chi connectivity index (χ2v) is 6.99. The van der Waals surface area contributed by atoms with Crippen molar-refractivity contribution in [2.24, 2.45) is 5.10 Å². The van der Waals surface area contributed by atoms with Gasteiger partial charge in [-0.25, -0.2) is 5.43 Å². The van der Waals surface area contributed by atoms with Crippen molar-refractivity contribution in [1.82, 2.24) is 9.99 Å². The smallest absolute Gasteiger partial charge is 0.240 e. The van der Waals surface area contributed by atoms with E-state index >= 15 is 0 Å². The number of hydrogen-bond donors (Lipinski definition) is 1. The highest BCUT2D eigenvalue weighted by Crippen LogP contribution is 2.21. The first-order valence-electron chi connectivity index (χ1n) is 9.77. The molecule has 1 heterocycles. The number of carbonyl (C=O) groups excluding carboxylic acids is 1. The molecule has 144 valence electrons. The minimum atomic E-state index is -0.0851. The van der Waals surface area contributed by atoms with Crippen LogP contribution in [0.4, 0.5) is 0 Å². The zero-order valence-electron chi connectivity index (χ0n) is 16.2. The van der Waals surface area contributed by atoms with Gasteiger partial charge < -0.3 is 4.57 Å². The maximum absolute atomic E-state index is 12.1. The van der Waals surface area contributed by atoms with E-state index in [0.29, 0.717) is 12.8 Å². The van der Waals surface area contributed by atoms with Crippen LogP contribution in [-0.4, -0.2) is 16.7 Å². The van der Waals surface area contributed by atoms with Gasteiger partial charge in [0.1, 0.15) is 0 Å². The molecule has 29 heavy (non-hydrogen) atoms. The highest BCUT2D eigenvalue weighted by molar-refractivity contribution is 5.99. The van der Waals surface area contributed by atoms with Crippen LogP contribution >= 0.6 is 0 Å². The van der Waals surface area contributed by atoms with Gasteiger partial charge in [0.25, 0.3) is 0 Å². The summed E-state index contributed by atoms with van der Waals surface area (Å²) >= 11 is 0. The van der Waals surface area contributed by atoms with E-state index in [9.17, 15) is 4.79 Å². The lowest BCUT2D eigenvalue weighted by Crippen LogP contribution is -2.17. The van der Waals surface area contributed by atoms with Gasteiger partial charge in [-0.1, -0.05) is 78.9 Å². The van der Waals surface area contributed by atoms with Crippen molar-refractivity contribution in [3.63, 3.8) is 0 Å². The van der Waals surface area contributed by atoms with Crippen molar-refractivity contribution in [2.75, 3.05) is 0 Å². The Kier molecular flexibility index (Phi) is 5.81. The van der Waals surface area contributed by atoms with Crippen molar-refractivity contribution in [3.8, 4) is 0 Å². The van der Waals surface area contributed by atoms with E-state index in [1.165, 1.54) is 5.56 Å². The number of hydrogen-bond acceptors (Lipinski definition) is 2. The van der Waals surface area contributed by atoms with E-state index in [1.54, 1.807) is 6.21 Å². The Bertz CT molecular complexity index is 1110. The number of nitrogens with one attached hydrogen (secondary N) is 1. The van der Waals surface area contributed by atoms with E-state index in [4.69, 9.17) is 0 Å². The zero-order valence-corrected chi connectivity index (χ0v) is 16.2. The topological polar surface area (TPSA) is 46.4 Å². The van der Waals surface area contributed by atoms with Crippen molar-refractivity contribution in [1.29, 1.82) is 0 Å². The van der Waals surface area contributed by atoms with Gasteiger partial charge in [-0.05, 0) is 23.6 Å². The van der Waals surface area contributed by atoms with E-state index < -0.39 is 0 Å². The first-order valence-corrected chi connectivity index (χ1v) is 9.77. The molecule has 4 rings (SSSR count). The molecule has 0 unspecified atom stereocenters. The largest absolute Gasteiger partial charge is 0.342 e. The predicted molar refractivity (Wildman–Crippen MR) is 118 cm³/mol. The standard InChI is InChI=1S/C25H23N3O/c29-25(16-15-20-9-3-1-4-10-20)27-26-17-22-19-28(18-21-11-5-2-6-12-21)24-14-8-7-13-23(22)24/h1-14,17,19H,15-16,18H2,(H,27,29)/b26-17-. The number of benzene rings is 3. The number of para-hydroxylation sites is 1. The van der Waals surface area contributed by atoms with Crippen LogP contribution in [0.15, 0.2) is 96.2 Å². The molecule has 0 saturated heterocycles. The van der Waals surface area contributed by atoms with E-state index in [-0.39, 0.29) is 5.91 Å². The number of nitrogens with zero attached hydrogens (tertiary/aromatic N) is 2. The van der Waals surface area contributed by atoms with Gasteiger partial charge in [0, 0.05) is 35.6 Å². The average Bonchev–Trinajstić information content (AvgIpc) is 3.11. The van der Waals surface area contributed by atoms with Crippen LogP contribution in [0.5, 0.6) is 0 Å². The molecule has 0 saturated carbocycles. The lowest BCUT2D eigenvalue weighted by molar-refractivity contribution is -0.121. The fraction of sp³-hybridized carbons (Fsp3) is 0.120. The van der Waals surface area contributed by atoms with E-state index in [0.717, 1.165) is 28.6 Å². The predicted octanol–water partition coefficient (Wildman–Crippen LogP) is 4.77. The van der Waals surface area contributed by atoms with Crippen LogP contribution in [0.1, 0.15) is 23.1 Å².